The van der Waals surface area contributed by atoms with Crippen LogP contribution < -0.4 is 10.9 Å². The molecule has 1 aliphatic heterocycles. The molecule has 3 N–H and O–H groups in total. The molecule has 0 aromatic rings. The molecule has 0 aromatic carbocycles. The van der Waals surface area contributed by atoms with E-state index in [4.69, 9.17) is 5.21 Å². The fourth-order valence-corrected chi connectivity index (χ4v) is 0.945. The van der Waals surface area contributed by atoms with Crippen molar-refractivity contribution in [3.63, 3.8) is 0 Å². The third-order valence-corrected chi connectivity index (χ3v) is 1.14. The van der Waals surface area contributed by atoms with Crippen molar-refractivity contribution >= 4 is 29.8 Å². The SMILES string of the molecule is ON1NC(=S)C=C(S)N1. The quantitative estimate of drug-likeness (QED) is 0.294. The van der Waals surface area contributed by atoms with Crippen LogP contribution >= 0.6 is 24.8 Å². The van der Waals surface area contributed by atoms with Crippen LogP contribution in [0.1, 0.15) is 0 Å². The minimum Gasteiger partial charge on any atom is -0.277 e. The lowest BCUT2D eigenvalue weighted by Crippen LogP contribution is -2.49. The van der Waals surface area contributed by atoms with Crippen LogP contribution in [0.4, 0.5) is 0 Å². The predicted octanol–water partition coefficient (Wildman–Crippen LogP) is -0.201. The van der Waals surface area contributed by atoms with E-state index in [2.05, 4.69) is 35.7 Å². The monoisotopic (exact) mass is 163 g/mol. The molecular weight excluding hydrogens is 158 g/mol. The zero-order chi connectivity index (χ0) is 6.85. The van der Waals surface area contributed by atoms with Gasteiger partial charge in [0.05, 0.1) is 5.03 Å². The molecule has 0 fully saturated rings. The number of hydrazine groups is 2. The number of hydrogen-bond donors (Lipinski definition) is 4. The van der Waals surface area contributed by atoms with E-state index in [1.54, 1.807) is 6.08 Å². The second kappa shape index (κ2) is 2.53. The van der Waals surface area contributed by atoms with E-state index >= 15 is 0 Å². The predicted molar refractivity (Wildman–Crippen MR) is 39.6 cm³/mol. The number of nitrogens with one attached hydrogen (secondary N) is 2. The Morgan fingerprint density at radius 2 is 2.33 bits per heavy atom. The van der Waals surface area contributed by atoms with E-state index in [-0.39, 0.29) is 0 Å². The Morgan fingerprint density at radius 1 is 1.67 bits per heavy atom. The fourth-order valence-electron chi connectivity index (χ4n) is 0.430. The summed E-state index contributed by atoms with van der Waals surface area (Å²) in [7, 11) is 0. The van der Waals surface area contributed by atoms with Gasteiger partial charge in [0.1, 0.15) is 4.99 Å². The van der Waals surface area contributed by atoms with Gasteiger partial charge in [0.25, 0.3) is 0 Å². The summed E-state index contributed by atoms with van der Waals surface area (Å²) in [5.41, 5.74) is 4.82. The Hall–Kier alpha value is -0.300. The minimum absolute atomic E-state index is 0.418. The summed E-state index contributed by atoms with van der Waals surface area (Å²) >= 11 is 8.58. The smallest absolute Gasteiger partial charge is 0.119 e. The molecule has 0 aromatic heterocycles. The highest BCUT2D eigenvalue weighted by Gasteiger charge is 2.07. The van der Waals surface area contributed by atoms with Crippen molar-refractivity contribution in [1.29, 1.82) is 0 Å². The summed E-state index contributed by atoms with van der Waals surface area (Å²) < 4.78 is 0. The van der Waals surface area contributed by atoms with Gasteiger partial charge in [-0.05, 0) is 5.28 Å². The largest absolute Gasteiger partial charge is 0.277 e. The van der Waals surface area contributed by atoms with Gasteiger partial charge >= 0.3 is 0 Å². The van der Waals surface area contributed by atoms with Crippen LogP contribution in [0.3, 0.4) is 0 Å². The van der Waals surface area contributed by atoms with Crippen LogP contribution in [-0.2, 0) is 0 Å². The number of hydrogen-bond acceptors (Lipinski definition) is 5. The highest BCUT2D eigenvalue weighted by atomic mass is 32.1. The van der Waals surface area contributed by atoms with Crippen LogP contribution in [-0.4, -0.2) is 15.5 Å². The summed E-state index contributed by atoms with van der Waals surface area (Å²) in [6.45, 7) is 0. The molecule has 0 unspecified atom stereocenters. The number of thiocarbonyl (C=S) groups is 1. The molecule has 50 valence electrons. The van der Waals surface area contributed by atoms with Gasteiger partial charge in [-0.15, -0.1) is 12.6 Å². The Morgan fingerprint density at radius 3 is 2.78 bits per heavy atom. The maximum absolute atomic E-state index is 8.68. The second-order valence-corrected chi connectivity index (χ2v) is 2.35. The number of rotatable bonds is 0. The molecule has 0 saturated heterocycles. The van der Waals surface area contributed by atoms with Gasteiger partial charge in [0.2, 0.25) is 0 Å². The van der Waals surface area contributed by atoms with E-state index < -0.39 is 0 Å². The maximum atomic E-state index is 8.68. The molecule has 0 radical (unpaired) electrons. The second-order valence-electron chi connectivity index (χ2n) is 1.43. The fraction of sp³-hybridized carbons (Fsp3) is 0. The maximum Gasteiger partial charge on any atom is 0.119 e. The van der Waals surface area contributed by atoms with Crippen LogP contribution in [0.5, 0.6) is 0 Å². The normalized spacial score (nSPS) is 20.2. The molecule has 1 rings (SSSR count). The number of nitrogens with zero attached hydrogens (tertiary/aromatic N) is 1. The summed E-state index contributed by atoms with van der Waals surface area (Å²) in [6, 6.07) is 0. The van der Waals surface area contributed by atoms with E-state index in [1.165, 1.54) is 0 Å². The van der Waals surface area contributed by atoms with Crippen molar-refractivity contribution in [2.24, 2.45) is 0 Å². The van der Waals surface area contributed by atoms with Crippen LogP contribution in [0.2, 0.25) is 0 Å². The Bertz CT molecular complexity index is 168. The van der Waals surface area contributed by atoms with Gasteiger partial charge in [-0.25, -0.2) is 0 Å². The summed E-state index contributed by atoms with van der Waals surface area (Å²) in [5, 5.41) is 9.83. The van der Waals surface area contributed by atoms with Crippen molar-refractivity contribution in [3.05, 3.63) is 11.1 Å². The molecule has 6 heteroatoms. The first kappa shape index (κ1) is 6.81. The first-order valence-corrected chi connectivity index (χ1v) is 3.01. The van der Waals surface area contributed by atoms with Crippen molar-refractivity contribution in [2.75, 3.05) is 0 Å². The number of thiol groups is 1. The van der Waals surface area contributed by atoms with Crippen molar-refractivity contribution in [3.8, 4) is 0 Å². The molecule has 0 atom stereocenters. The summed E-state index contributed by atoms with van der Waals surface area (Å²) in [6.07, 6.45) is 1.57. The molecule has 0 aliphatic carbocycles. The average Bonchev–Trinajstić information content (AvgIpc) is 1.59. The molecule has 0 bridgehead atoms. The van der Waals surface area contributed by atoms with Crippen LogP contribution in [0.15, 0.2) is 11.1 Å². The van der Waals surface area contributed by atoms with Gasteiger partial charge in [-0.2, -0.15) is 0 Å². The van der Waals surface area contributed by atoms with Gasteiger partial charge in [0.15, 0.2) is 0 Å². The Labute approximate surface area is 62.8 Å². The van der Waals surface area contributed by atoms with Gasteiger partial charge in [-0.3, -0.25) is 16.1 Å². The van der Waals surface area contributed by atoms with Gasteiger partial charge < -0.3 is 0 Å². The zero-order valence-electron chi connectivity index (χ0n) is 4.33. The molecule has 0 amide bonds. The lowest BCUT2D eigenvalue weighted by Gasteiger charge is -2.21. The van der Waals surface area contributed by atoms with Gasteiger partial charge in [0, 0.05) is 6.08 Å². The molecule has 1 heterocycles. The third-order valence-electron chi connectivity index (χ3n) is 0.704. The van der Waals surface area contributed by atoms with Crippen molar-refractivity contribution < 1.29 is 5.21 Å². The van der Waals surface area contributed by atoms with Crippen molar-refractivity contribution in [1.82, 2.24) is 16.1 Å². The summed E-state index contributed by atoms with van der Waals surface area (Å²) in [4.78, 5) is 0.418. The lowest BCUT2D eigenvalue weighted by atomic mass is 10.6. The first-order chi connectivity index (χ1) is 4.18. The van der Waals surface area contributed by atoms with Crippen LogP contribution in [0.25, 0.3) is 0 Å². The highest BCUT2D eigenvalue weighted by Crippen LogP contribution is 1.99. The van der Waals surface area contributed by atoms with E-state index in [0.717, 1.165) is 0 Å². The van der Waals surface area contributed by atoms with E-state index in [9.17, 15) is 0 Å². The molecule has 0 saturated carbocycles. The molecule has 0 spiro atoms. The van der Waals surface area contributed by atoms with E-state index in [1.807, 2.05) is 0 Å². The zero-order valence-corrected chi connectivity index (χ0v) is 6.04. The lowest BCUT2D eigenvalue weighted by molar-refractivity contribution is -0.153. The Balaban J connectivity index is 2.67. The topological polar surface area (TPSA) is 47.5 Å². The molecule has 4 nitrogen and oxygen atoms in total. The van der Waals surface area contributed by atoms with Crippen LogP contribution in [0, 0.1) is 0 Å². The third kappa shape index (κ3) is 1.83. The average molecular weight is 163 g/mol. The molecule has 1 aliphatic rings. The minimum atomic E-state index is 0.418. The molecular formula is C3H5N3OS2. The standard InChI is InChI=1S/C3H5N3OS2/c7-6-4-2(8)1-3(9)5-6/h1,4,7-8H,(H,5,9). The highest BCUT2D eigenvalue weighted by molar-refractivity contribution is 7.84. The van der Waals surface area contributed by atoms with E-state index in [0.29, 0.717) is 15.3 Å². The van der Waals surface area contributed by atoms with Gasteiger partial charge in [-0.1, -0.05) is 12.2 Å². The Kier molecular flexibility index (Phi) is 1.91. The summed E-state index contributed by atoms with van der Waals surface area (Å²) in [5.74, 6) is 0. The van der Waals surface area contributed by atoms with Crippen molar-refractivity contribution in [2.45, 2.75) is 0 Å². The first-order valence-electron chi connectivity index (χ1n) is 2.15. The molecule has 9 heavy (non-hydrogen) atoms.